The SMILES string of the molecule is COC(=O)CC[C@@H](C)[C@H]1CC[C@H]2[C@@H]3C(=O)C[C@@H]4C[C@H](O[Si](C)(C)C)CC[C@]4(C)[C@H]3CC[C@@]12C. The quantitative estimate of drug-likeness (QED) is 0.319. The summed E-state index contributed by atoms with van der Waals surface area (Å²) >= 11 is 0. The zero-order chi connectivity index (χ0) is 24.2. The highest BCUT2D eigenvalue weighted by Gasteiger charge is 2.63. The summed E-state index contributed by atoms with van der Waals surface area (Å²) < 4.78 is 11.4. The molecule has 4 fully saturated rings. The normalized spacial score (nSPS) is 43.9. The van der Waals surface area contributed by atoms with Gasteiger partial charge in [0.05, 0.1) is 7.11 Å². The van der Waals surface area contributed by atoms with Crippen molar-refractivity contribution in [1.82, 2.24) is 0 Å². The molecular weight excluding hydrogens is 428 g/mol. The van der Waals surface area contributed by atoms with Gasteiger partial charge in [-0.15, -0.1) is 0 Å². The first kappa shape index (κ1) is 25.4. The Morgan fingerprint density at radius 1 is 1.06 bits per heavy atom. The molecule has 0 bridgehead atoms. The molecule has 0 radical (unpaired) electrons. The average molecular weight is 477 g/mol. The standard InChI is InChI=1S/C28H48O4Si/c1-18(8-11-25(30)31-4)21-9-10-22-26-23(13-15-28(21,22)3)27(2)14-12-20(32-33(5,6)7)16-19(27)17-24(26)29/h18-23,26H,8-17H2,1-7H3/t18-,19+,20-,21-,22+,23+,26+,27+,28+/m1/s1. The maximum atomic E-state index is 13.7. The molecule has 9 atom stereocenters. The van der Waals surface area contributed by atoms with E-state index >= 15 is 0 Å². The van der Waals surface area contributed by atoms with Gasteiger partial charge in [-0.25, -0.2) is 0 Å². The van der Waals surface area contributed by atoms with E-state index < -0.39 is 8.32 Å². The number of ether oxygens (including phenoxy) is 1. The number of hydrogen-bond acceptors (Lipinski definition) is 4. The highest BCUT2D eigenvalue weighted by molar-refractivity contribution is 6.69. The minimum Gasteiger partial charge on any atom is -0.469 e. The molecule has 188 valence electrons. The van der Waals surface area contributed by atoms with Gasteiger partial charge in [0.2, 0.25) is 0 Å². The van der Waals surface area contributed by atoms with Crippen LogP contribution in [-0.2, 0) is 18.8 Å². The van der Waals surface area contributed by atoms with Gasteiger partial charge in [0.1, 0.15) is 5.78 Å². The van der Waals surface area contributed by atoms with Gasteiger partial charge in [-0.05, 0) is 111 Å². The first-order chi connectivity index (χ1) is 15.4. The smallest absolute Gasteiger partial charge is 0.305 e. The minimum absolute atomic E-state index is 0.0969. The van der Waals surface area contributed by atoms with E-state index in [9.17, 15) is 9.59 Å². The van der Waals surface area contributed by atoms with Crippen LogP contribution in [0.4, 0.5) is 0 Å². The van der Waals surface area contributed by atoms with Gasteiger partial charge >= 0.3 is 5.97 Å². The lowest BCUT2D eigenvalue weighted by Gasteiger charge is -2.60. The maximum Gasteiger partial charge on any atom is 0.305 e. The Kier molecular flexibility index (Phi) is 6.99. The Morgan fingerprint density at radius 2 is 1.73 bits per heavy atom. The predicted octanol–water partition coefficient (Wildman–Crippen LogP) is 6.63. The molecule has 0 aromatic heterocycles. The Hall–Kier alpha value is -0.683. The average Bonchev–Trinajstić information content (AvgIpc) is 3.09. The molecular formula is C28H48O4Si. The van der Waals surface area contributed by atoms with Crippen molar-refractivity contribution < 1.29 is 18.8 Å². The van der Waals surface area contributed by atoms with E-state index in [1.54, 1.807) is 0 Å². The summed E-state index contributed by atoms with van der Waals surface area (Å²) in [6, 6.07) is 0. The first-order valence-electron chi connectivity index (χ1n) is 13.7. The molecule has 4 saturated carbocycles. The third-order valence-corrected chi connectivity index (χ3v) is 11.8. The number of fused-ring (bicyclic) bond motifs is 5. The highest BCUT2D eigenvalue weighted by Crippen LogP contribution is 2.67. The Bertz CT molecular complexity index is 759. The summed E-state index contributed by atoms with van der Waals surface area (Å²) in [6.45, 7) is 14.2. The van der Waals surface area contributed by atoms with Crippen LogP contribution in [0.3, 0.4) is 0 Å². The molecule has 0 aromatic carbocycles. The number of Topliss-reactive ketones (excluding diaryl/α,β-unsaturated/α-hetero) is 1. The molecule has 4 rings (SSSR count). The lowest BCUT2D eigenvalue weighted by molar-refractivity contribution is -0.160. The molecule has 0 unspecified atom stereocenters. The minimum atomic E-state index is -1.55. The fourth-order valence-corrected chi connectivity index (χ4v) is 10.3. The highest BCUT2D eigenvalue weighted by atomic mass is 28.4. The van der Waals surface area contributed by atoms with E-state index in [-0.39, 0.29) is 17.3 Å². The predicted molar refractivity (Wildman–Crippen MR) is 134 cm³/mol. The molecule has 0 aliphatic heterocycles. The third-order valence-electron chi connectivity index (χ3n) is 10.7. The number of rotatable bonds is 6. The largest absolute Gasteiger partial charge is 0.469 e. The summed E-state index contributed by atoms with van der Waals surface area (Å²) in [5, 5.41) is 0. The zero-order valence-electron chi connectivity index (χ0n) is 22.2. The van der Waals surface area contributed by atoms with Gasteiger partial charge in [-0.2, -0.15) is 0 Å². The number of carbonyl (C=O) groups excluding carboxylic acids is 2. The fraction of sp³-hybridized carbons (Fsp3) is 0.929. The van der Waals surface area contributed by atoms with E-state index in [0.29, 0.717) is 53.3 Å². The lowest BCUT2D eigenvalue weighted by Crippen LogP contribution is -2.57. The van der Waals surface area contributed by atoms with Crippen LogP contribution in [0.5, 0.6) is 0 Å². The Morgan fingerprint density at radius 3 is 2.39 bits per heavy atom. The van der Waals surface area contributed by atoms with E-state index in [1.807, 2.05) is 0 Å². The van der Waals surface area contributed by atoms with E-state index in [4.69, 9.17) is 9.16 Å². The fourth-order valence-electron chi connectivity index (χ4n) is 9.12. The second-order valence-corrected chi connectivity index (χ2v) is 18.0. The van der Waals surface area contributed by atoms with Crippen LogP contribution in [0.25, 0.3) is 0 Å². The molecule has 0 saturated heterocycles. The molecule has 0 spiro atoms. The van der Waals surface area contributed by atoms with Crippen molar-refractivity contribution >= 4 is 20.1 Å². The molecule has 33 heavy (non-hydrogen) atoms. The van der Waals surface area contributed by atoms with E-state index in [0.717, 1.165) is 19.3 Å². The summed E-state index contributed by atoms with van der Waals surface area (Å²) in [5.41, 5.74) is 0.543. The summed E-state index contributed by atoms with van der Waals surface area (Å²) in [6.07, 6.45) is 10.9. The van der Waals surface area contributed by atoms with Crippen molar-refractivity contribution in [2.75, 3.05) is 7.11 Å². The number of ketones is 1. The van der Waals surface area contributed by atoms with Gasteiger partial charge in [0.15, 0.2) is 8.32 Å². The number of hydrogen-bond donors (Lipinski definition) is 0. The van der Waals surface area contributed by atoms with Crippen molar-refractivity contribution in [3.8, 4) is 0 Å². The number of carbonyl (C=O) groups is 2. The van der Waals surface area contributed by atoms with Gasteiger partial charge in [0.25, 0.3) is 0 Å². The van der Waals surface area contributed by atoms with E-state index in [2.05, 4.69) is 40.4 Å². The molecule has 0 aromatic rings. The van der Waals surface area contributed by atoms with Crippen molar-refractivity contribution in [1.29, 1.82) is 0 Å². The second-order valence-electron chi connectivity index (χ2n) is 13.6. The van der Waals surface area contributed by atoms with Gasteiger partial charge in [0, 0.05) is 24.9 Å². The summed E-state index contributed by atoms with van der Waals surface area (Å²) in [4.78, 5) is 25.5. The van der Waals surface area contributed by atoms with Crippen LogP contribution in [0.15, 0.2) is 0 Å². The maximum absolute atomic E-state index is 13.7. The van der Waals surface area contributed by atoms with Gasteiger partial charge in [-0.1, -0.05) is 20.8 Å². The van der Waals surface area contributed by atoms with Crippen LogP contribution in [0, 0.1) is 46.3 Å². The topological polar surface area (TPSA) is 52.6 Å². The van der Waals surface area contributed by atoms with Crippen LogP contribution in [0.1, 0.15) is 85.0 Å². The van der Waals surface area contributed by atoms with Crippen molar-refractivity contribution in [2.24, 2.45) is 46.3 Å². The first-order valence-corrected chi connectivity index (χ1v) is 17.1. The van der Waals surface area contributed by atoms with E-state index in [1.165, 1.54) is 45.6 Å². The number of esters is 1. The molecule has 0 N–H and O–H groups in total. The third kappa shape index (κ3) is 4.62. The van der Waals surface area contributed by atoms with Gasteiger partial charge in [-0.3, -0.25) is 9.59 Å². The van der Waals surface area contributed by atoms with Gasteiger partial charge < -0.3 is 9.16 Å². The zero-order valence-corrected chi connectivity index (χ0v) is 23.2. The van der Waals surface area contributed by atoms with Crippen molar-refractivity contribution in [3.05, 3.63) is 0 Å². The molecule has 0 amide bonds. The molecule has 4 nitrogen and oxygen atoms in total. The van der Waals surface area contributed by atoms with Crippen LogP contribution < -0.4 is 0 Å². The second kappa shape index (κ2) is 9.08. The number of methoxy groups -OCH3 is 1. The molecule has 4 aliphatic carbocycles. The van der Waals surface area contributed by atoms with Crippen LogP contribution in [0.2, 0.25) is 19.6 Å². The Balaban J connectivity index is 1.49. The van der Waals surface area contributed by atoms with Crippen molar-refractivity contribution in [3.63, 3.8) is 0 Å². The van der Waals surface area contributed by atoms with Crippen LogP contribution in [-0.4, -0.2) is 33.3 Å². The summed E-state index contributed by atoms with van der Waals surface area (Å²) in [5.74, 6) is 3.44. The van der Waals surface area contributed by atoms with Crippen LogP contribution >= 0.6 is 0 Å². The van der Waals surface area contributed by atoms with Crippen molar-refractivity contribution in [2.45, 2.75) is 111 Å². The Labute approximate surface area is 203 Å². The lowest BCUT2D eigenvalue weighted by atomic mass is 9.44. The molecule has 5 heteroatoms. The summed E-state index contributed by atoms with van der Waals surface area (Å²) in [7, 11) is -0.0731. The molecule has 0 heterocycles. The molecule has 4 aliphatic rings. The monoisotopic (exact) mass is 476 g/mol.